The Morgan fingerprint density at radius 1 is 1.41 bits per heavy atom. The number of hydrogen-bond acceptors (Lipinski definition) is 4. The zero-order valence-corrected chi connectivity index (χ0v) is 14.7. The number of rotatable bonds is 2. The molecule has 0 radical (unpaired) electrons. The van der Waals surface area contributed by atoms with Crippen LogP contribution in [0.3, 0.4) is 0 Å². The van der Waals surface area contributed by atoms with Crippen molar-refractivity contribution in [3.63, 3.8) is 0 Å². The van der Waals surface area contributed by atoms with Gasteiger partial charge >= 0.3 is 0 Å². The minimum atomic E-state index is -3.03. The third kappa shape index (κ3) is 2.67. The van der Waals surface area contributed by atoms with Gasteiger partial charge in [-0.2, -0.15) is 0 Å². The molecular weight excluding hydrogens is 370 g/mol. The van der Waals surface area contributed by atoms with Crippen LogP contribution in [0.25, 0.3) is 11.0 Å². The van der Waals surface area contributed by atoms with Crippen molar-refractivity contribution in [3.8, 4) is 0 Å². The summed E-state index contributed by atoms with van der Waals surface area (Å²) in [7, 11) is -1.39. The highest BCUT2D eigenvalue weighted by Gasteiger charge is 2.34. The quantitative estimate of drug-likeness (QED) is 0.796. The van der Waals surface area contributed by atoms with Gasteiger partial charge in [0, 0.05) is 28.5 Å². The van der Waals surface area contributed by atoms with E-state index in [1.807, 2.05) is 25.1 Å². The zero-order chi connectivity index (χ0) is 16.1. The SMILES string of the molecule is Cc1c(C(=O)N(C)C2CCS(=O)(=O)C2)oc2ccc(Br)cc12. The van der Waals surface area contributed by atoms with Gasteiger partial charge in [0.05, 0.1) is 11.5 Å². The third-order valence-corrected chi connectivity index (χ3v) is 6.41. The van der Waals surface area contributed by atoms with Crippen molar-refractivity contribution in [2.24, 2.45) is 0 Å². The molecule has 118 valence electrons. The second kappa shape index (κ2) is 5.38. The van der Waals surface area contributed by atoms with E-state index < -0.39 is 9.84 Å². The summed E-state index contributed by atoms with van der Waals surface area (Å²) >= 11 is 3.40. The average Bonchev–Trinajstić information content (AvgIpc) is 2.98. The Hall–Kier alpha value is -1.34. The maximum atomic E-state index is 12.6. The Bertz CT molecular complexity index is 856. The Morgan fingerprint density at radius 3 is 2.77 bits per heavy atom. The van der Waals surface area contributed by atoms with Gasteiger partial charge in [-0.15, -0.1) is 0 Å². The first-order valence-corrected chi connectivity index (χ1v) is 9.56. The number of halogens is 1. The highest BCUT2D eigenvalue weighted by atomic mass is 79.9. The van der Waals surface area contributed by atoms with Gasteiger partial charge < -0.3 is 9.32 Å². The van der Waals surface area contributed by atoms with E-state index in [2.05, 4.69) is 15.9 Å². The number of furan rings is 1. The van der Waals surface area contributed by atoms with Crippen LogP contribution in [-0.2, 0) is 9.84 Å². The number of sulfone groups is 1. The molecule has 3 rings (SSSR count). The predicted molar refractivity (Wildman–Crippen MR) is 87.8 cm³/mol. The fourth-order valence-corrected chi connectivity index (χ4v) is 4.94. The molecule has 7 heteroatoms. The van der Waals surface area contributed by atoms with E-state index in [9.17, 15) is 13.2 Å². The standard InChI is InChI=1S/C15H16BrNO4S/c1-9-12-7-10(16)3-4-13(12)21-14(9)15(18)17(2)11-5-6-22(19,20)8-11/h3-4,7,11H,5-6,8H2,1-2H3. The third-order valence-electron chi connectivity index (χ3n) is 4.17. The largest absolute Gasteiger partial charge is 0.451 e. The zero-order valence-electron chi connectivity index (χ0n) is 12.3. The lowest BCUT2D eigenvalue weighted by Crippen LogP contribution is -2.37. The van der Waals surface area contributed by atoms with Crippen molar-refractivity contribution in [3.05, 3.63) is 34.0 Å². The Labute approximate surface area is 137 Å². The molecule has 1 fully saturated rings. The predicted octanol–water partition coefficient (Wildman–Crippen LogP) is 2.76. The number of carbonyl (C=O) groups is 1. The van der Waals surface area contributed by atoms with Gasteiger partial charge in [0.15, 0.2) is 15.6 Å². The van der Waals surface area contributed by atoms with E-state index in [1.165, 1.54) is 4.90 Å². The van der Waals surface area contributed by atoms with Crippen molar-refractivity contribution in [1.29, 1.82) is 0 Å². The molecule has 1 aliphatic heterocycles. The molecular formula is C15H16BrNO4S. The molecule has 0 saturated carbocycles. The molecule has 22 heavy (non-hydrogen) atoms. The lowest BCUT2D eigenvalue weighted by molar-refractivity contribution is 0.0717. The van der Waals surface area contributed by atoms with Crippen molar-refractivity contribution < 1.29 is 17.6 Å². The number of aryl methyl sites for hydroxylation is 1. The molecule has 1 aromatic heterocycles. The summed E-state index contributed by atoms with van der Waals surface area (Å²) in [6.45, 7) is 1.84. The average molecular weight is 386 g/mol. The molecule has 1 aromatic carbocycles. The van der Waals surface area contributed by atoms with E-state index in [4.69, 9.17) is 4.42 Å². The van der Waals surface area contributed by atoms with E-state index >= 15 is 0 Å². The number of amides is 1. The molecule has 0 bridgehead atoms. The summed E-state index contributed by atoms with van der Waals surface area (Å²) in [5, 5.41) is 0.880. The van der Waals surface area contributed by atoms with Crippen molar-refractivity contribution >= 4 is 42.6 Å². The number of benzene rings is 1. The van der Waals surface area contributed by atoms with E-state index in [-0.39, 0.29) is 29.2 Å². The highest BCUT2D eigenvalue weighted by molar-refractivity contribution is 9.10. The van der Waals surface area contributed by atoms with E-state index in [1.54, 1.807) is 7.05 Å². The van der Waals surface area contributed by atoms with E-state index in [0.29, 0.717) is 12.0 Å². The lowest BCUT2D eigenvalue weighted by Gasteiger charge is -2.22. The van der Waals surface area contributed by atoms with Gasteiger partial charge in [-0.25, -0.2) is 8.42 Å². The molecule has 2 heterocycles. The normalized spacial score (nSPS) is 20.4. The smallest absolute Gasteiger partial charge is 0.289 e. The van der Waals surface area contributed by atoms with Gasteiger partial charge in [-0.1, -0.05) is 15.9 Å². The van der Waals surface area contributed by atoms with Crippen LogP contribution in [0.1, 0.15) is 22.5 Å². The molecule has 0 N–H and O–H groups in total. The van der Waals surface area contributed by atoms with Crippen LogP contribution in [0.15, 0.2) is 27.1 Å². The molecule has 5 nitrogen and oxygen atoms in total. The fourth-order valence-electron chi connectivity index (χ4n) is 2.80. The second-order valence-electron chi connectivity index (χ2n) is 5.67. The summed E-state index contributed by atoms with van der Waals surface area (Å²) in [5.74, 6) is 0.174. The van der Waals surface area contributed by atoms with Crippen molar-refractivity contribution in [2.45, 2.75) is 19.4 Å². The molecule has 1 atom stereocenters. The topological polar surface area (TPSA) is 67.6 Å². The molecule has 0 aliphatic carbocycles. The molecule has 1 aliphatic rings. The lowest BCUT2D eigenvalue weighted by atomic mass is 10.1. The Morgan fingerprint density at radius 2 is 2.14 bits per heavy atom. The Kier molecular flexibility index (Phi) is 3.81. The highest BCUT2D eigenvalue weighted by Crippen LogP contribution is 2.29. The number of nitrogens with zero attached hydrogens (tertiary/aromatic N) is 1. The van der Waals surface area contributed by atoms with Gasteiger partial charge in [0.1, 0.15) is 5.58 Å². The van der Waals surface area contributed by atoms with Gasteiger partial charge in [0.2, 0.25) is 0 Å². The number of carbonyl (C=O) groups excluding carboxylic acids is 1. The second-order valence-corrected chi connectivity index (χ2v) is 8.81. The van der Waals surface area contributed by atoms with Crippen LogP contribution < -0.4 is 0 Å². The minimum absolute atomic E-state index is 0.0278. The van der Waals surface area contributed by atoms with Crippen molar-refractivity contribution in [1.82, 2.24) is 4.90 Å². The first-order chi connectivity index (χ1) is 10.3. The van der Waals surface area contributed by atoms with Gasteiger partial charge in [-0.3, -0.25) is 4.79 Å². The Balaban J connectivity index is 1.94. The summed E-state index contributed by atoms with van der Waals surface area (Å²) in [5.41, 5.74) is 1.42. The van der Waals surface area contributed by atoms with Crippen LogP contribution in [0.2, 0.25) is 0 Å². The van der Waals surface area contributed by atoms with E-state index in [0.717, 1.165) is 15.4 Å². The first kappa shape index (κ1) is 15.6. The van der Waals surface area contributed by atoms with Crippen LogP contribution >= 0.6 is 15.9 Å². The van der Waals surface area contributed by atoms with Gasteiger partial charge in [-0.05, 0) is 31.5 Å². The maximum absolute atomic E-state index is 12.6. The summed E-state index contributed by atoms with van der Waals surface area (Å²) < 4.78 is 29.8. The van der Waals surface area contributed by atoms with Crippen molar-refractivity contribution in [2.75, 3.05) is 18.6 Å². The minimum Gasteiger partial charge on any atom is -0.451 e. The maximum Gasteiger partial charge on any atom is 0.289 e. The molecule has 1 unspecified atom stereocenters. The van der Waals surface area contributed by atoms with Crippen LogP contribution in [0.5, 0.6) is 0 Å². The van der Waals surface area contributed by atoms with Crippen LogP contribution in [0.4, 0.5) is 0 Å². The monoisotopic (exact) mass is 385 g/mol. The fraction of sp³-hybridized carbons (Fsp3) is 0.400. The van der Waals surface area contributed by atoms with Crippen LogP contribution in [-0.4, -0.2) is 43.8 Å². The van der Waals surface area contributed by atoms with Gasteiger partial charge in [0.25, 0.3) is 5.91 Å². The molecule has 1 amide bonds. The summed E-state index contributed by atoms with van der Waals surface area (Å²) in [6, 6.07) is 5.29. The molecule has 0 spiro atoms. The summed E-state index contributed by atoms with van der Waals surface area (Å²) in [6.07, 6.45) is 0.482. The number of hydrogen-bond donors (Lipinski definition) is 0. The first-order valence-electron chi connectivity index (χ1n) is 6.95. The number of fused-ring (bicyclic) bond motifs is 1. The van der Waals surface area contributed by atoms with Crippen LogP contribution in [0, 0.1) is 6.92 Å². The summed E-state index contributed by atoms with van der Waals surface area (Å²) in [4.78, 5) is 14.1. The molecule has 2 aromatic rings. The molecule has 1 saturated heterocycles.